The van der Waals surface area contributed by atoms with Crippen molar-refractivity contribution in [1.29, 1.82) is 0 Å². The minimum absolute atomic E-state index is 0.134. The number of alkyl halides is 3. The average molecular weight is 589 g/mol. The van der Waals surface area contributed by atoms with Crippen LogP contribution < -0.4 is 13.8 Å². The molecule has 0 radical (unpaired) electrons. The van der Waals surface area contributed by atoms with Crippen LogP contribution in [0.2, 0.25) is 0 Å². The van der Waals surface area contributed by atoms with E-state index in [1.54, 1.807) is 18.2 Å². The Morgan fingerprint density at radius 3 is 2.62 bits per heavy atom. The van der Waals surface area contributed by atoms with Gasteiger partial charge < -0.3 is 24.4 Å². The molecule has 2 atom stereocenters. The lowest BCUT2D eigenvalue weighted by Gasteiger charge is -2.36. The zero-order chi connectivity index (χ0) is 29.7. The van der Waals surface area contributed by atoms with Gasteiger partial charge in [-0.25, -0.2) is 13.4 Å². The van der Waals surface area contributed by atoms with E-state index in [1.165, 1.54) is 7.11 Å². The fourth-order valence-corrected chi connectivity index (χ4v) is 5.89. The Morgan fingerprint density at radius 2 is 2.02 bits per heavy atom. The van der Waals surface area contributed by atoms with Gasteiger partial charge in [0, 0.05) is 19.7 Å². The minimum atomic E-state index is -4.86. The van der Waals surface area contributed by atoms with Gasteiger partial charge in [0.15, 0.2) is 11.2 Å². The second kappa shape index (κ2) is 13.2. The first-order chi connectivity index (χ1) is 18.8. The highest BCUT2D eigenvalue weighted by molar-refractivity contribution is 7.93. The van der Waals surface area contributed by atoms with Gasteiger partial charge in [-0.1, -0.05) is 38.5 Å². The molecule has 13 heteroatoms. The molecule has 0 spiro atoms. The number of pyridine rings is 1. The quantitative estimate of drug-likeness (QED) is 0.345. The third kappa shape index (κ3) is 7.45. The number of hydrogen-bond acceptors (Lipinski definition) is 8. The Morgan fingerprint density at radius 1 is 1.30 bits per heavy atom. The molecule has 0 fully saturated rings. The summed E-state index contributed by atoms with van der Waals surface area (Å²) in [6.45, 7) is 4.97. The van der Waals surface area contributed by atoms with E-state index in [0.29, 0.717) is 17.8 Å². The fraction of sp³-hybridized carbons (Fsp3) is 0.519. The fourth-order valence-electron chi connectivity index (χ4n) is 4.28. The molecule has 1 aliphatic heterocycles. The summed E-state index contributed by atoms with van der Waals surface area (Å²) >= 11 is 0. The van der Waals surface area contributed by atoms with Crippen LogP contribution >= 0.6 is 0 Å². The molecule has 2 aromatic rings. The van der Waals surface area contributed by atoms with E-state index in [4.69, 9.17) is 19.3 Å². The summed E-state index contributed by atoms with van der Waals surface area (Å²) in [6, 6.07) is 5.48. The summed E-state index contributed by atoms with van der Waals surface area (Å²) in [5, 5.41) is 19.0. The van der Waals surface area contributed by atoms with Crippen LogP contribution in [-0.4, -0.2) is 62.9 Å². The number of aromatic nitrogens is 1. The highest BCUT2D eigenvalue weighted by atomic mass is 32.2. The predicted octanol–water partition coefficient (Wildman–Crippen LogP) is 4.62. The number of aliphatic hydroxyl groups is 2. The van der Waals surface area contributed by atoms with Gasteiger partial charge in [-0.3, -0.25) is 4.31 Å². The number of halogens is 3. The van der Waals surface area contributed by atoms with Crippen LogP contribution in [0.5, 0.6) is 11.6 Å². The lowest BCUT2D eigenvalue weighted by molar-refractivity contribution is -0.138. The molecule has 1 aromatic heterocycles. The zero-order valence-corrected chi connectivity index (χ0v) is 23.6. The Bertz CT molecular complexity index is 1300. The van der Waals surface area contributed by atoms with E-state index in [1.807, 2.05) is 26.8 Å². The van der Waals surface area contributed by atoms with Crippen LogP contribution in [0.4, 0.5) is 18.9 Å². The van der Waals surface area contributed by atoms with E-state index in [-0.39, 0.29) is 43.3 Å². The third-order valence-corrected chi connectivity index (χ3v) is 8.24. The van der Waals surface area contributed by atoms with Gasteiger partial charge in [0.05, 0.1) is 24.4 Å². The molecule has 2 N–H and O–H groups in total. The van der Waals surface area contributed by atoms with Crippen molar-refractivity contribution in [2.45, 2.75) is 63.5 Å². The monoisotopic (exact) mass is 588 g/mol. The highest BCUT2D eigenvalue weighted by Crippen LogP contribution is 2.41. The first-order valence-electron chi connectivity index (χ1n) is 12.9. The first-order valence-corrected chi connectivity index (χ1v) is 14.3. The maximum Gasteiger partial charge on any atom is 0.417 e. The number of hydrogen-bond donors (Lipinski definition) is 2. The number of benzene rings is 1. The number of methoxy groups -OCH3 is 1. The van der Waals surface area contributed by atoms with Gasteiger partial charge >= 0.3 is 6.18 Å². The number of fused-ring (bicyclic) bond motifs is 1. The van der Waals surface area contributed by atoms with Gasteiger partial charge in [0.2, 0.25) is 5.88 Å². The van der Waals surface area contributed by atoms with E-state index in [9.17, 15) is 26.7 Å². The Balaban J connectivity index is 2.17. The number of aliphatic hydroxyl groups excluding tert-OH is 2. The summed E-state index contributed by atoms with van der Waals surface area (Å²) in [5.74, 6) is -0.106. The molecule has 0 amide bonds. The largest absolute Gasteiger partial charge is 0.486 e. The molecular weight excluding hydrogens is 553 g/mol. The average Bonchev–Trinajstić information content (AvgIpc) is 2.92. The lowest BCUT2D eigenvalue weighted by atomic mass is 9.98. The van der Waals surface area contributed by atoms with Crippen LogP contribution in [0.25, 0.3) is 6.08 Å². The van der Waals surface area contributed by atoms with Crippen LogP contribution in [-0.2, 0) is 20.9 Å². The number of nitrogens with zero attached hydrogens (tertiary/aromatic N) is 2. The lowest BCUT2D eigenvalue weighted by Crippen LogP contribution is -2.44. The standard InChI is InChI=1S/C27H35F3N2O7S/c1-5-19(17(2)3)12-18-6-8-23-22(13-18)32(16-21(39-23)7-9-25(34)37-4)40(35,36)24-14-20(27(28,29)30)15-31-26(24)38-11-10-33/h6,8,12-15,17,21,25,33-34H,5,7,9-11,16H2,1-4H3. The van der Waals surface area contributed by atoms with Crippen molar-refractivity contribution < 1.29 is 46.0 Å². The van der Waals surface area contributed by atoms with Crippen molar-refractivity contribution >= 4 is 21.8 Å². The summed E-state index contributed by atoms with van der Waals surface area (Å²) in [5.41, 5.74) is 0.693. The van der Waals surface area contributed by atoms with Crippen molar-refractivity contribution in [3.63, 3.8) is 0 Å². The smallest absolute Gasteiger partial charge is 0.417 e. The molecule has 0 aliphatic carbocycles. The summed E-state index contributed by atoms with van der Waals surface area (Å²) < 4.78 is 86.0. The Labute approximate surface area is 232 Å². The number of rotatable bonds is 12. The van der Waals surface area contributed by atoms with Gasteiger partial charge in [-0.2, -0.15) is 13.2 Å². The van der Waals surface area contributed by atoms with Crippen LogP contribution in [0.3, 0.4) is 0 Å². The second-order valence-electron chi connectivity index (χ2n) is 9.60. The first kappa shape index (κ1) is 31.7. The number of sulfonamides is 1. The van der Waals surface area contributed by atoms with E-state index < -0.39 is 51.5 Å². The molecular formula is C27H35F3N2O7S. The molecule has 0 saturated heterocycles. The molecule has 222 valence electrons. The molecule has 9 nitrogen and oxygen atoms in total. The van der Waals surface area contributed by atoms with Crippen molar-refractivity contribution in [1.82, 2.24) is 4.98 Å². The summed E-state index contributed by atoms with van der Waals surface area (Å²) in [4.78, 5) is 2.83. The molecule has 0 bridgehead atoms. The van der Waals surface area contributed by atoms with Crippen LogP contribution in [0.1, 0.15) is 51.2 Å². The molecule has 3 rings (SSSR count). The Kier molecular flexibility index (Phi) is 10.4. The molecule has 1 aromatic carbocycles. The maximum absolute atomic E-state index is 14.1. The normalized spacial score (nSPS) is 17.0. The van der Waals surface area contributed by atoms with Crippen molar-refractivity contribution in [3.05, 3.63) is 47.2 Å². The van der Waals surface area contributed by atoms with Gasteiger partial charge in [0.25, 0.3) is 10.0 Å². The molecule has 1 aliphatic rings. The van der Waals surface area contributed by atoms with Crippen molar-refractivity contribution in [3.8, 4) is 11.6 Å². The predicted molar refractivity (Wildman–Crippen MR) is 143 cm³/mol. The topological polar surface area (TPSA) is 118 Å². The van der Waals surface area contributed by atoms with Crippen LogP contribution in [0.15, 0.2) is 40.9 Å². The SMILES string of the molecule is CCC(=Cc1ccc2c(c1)N(S(=O)(=O)c1cc(C(F)(F)F)cnc1OCCO)CC(CCC(O)OC)O2)C(C)C. The zero-order valence-electron chi connectivity index (χ0n) is 22.8. The van der Waals surface area contributed by atoms with Gasteiger partial charge in [-0.05, 0) is 42.5 Å². The number of allylic oxidation sites excluding steroid dienone is 1. The summed E-state index contributed by atoms with van der Waals surface area (Å²) in [6.07, 6.45) is -3.17. The number of ether oxygens (including phenoxy) is 3. The van der Waals surface area contributed by atoms with Gasteiger partial charge in [-0.15, -0.1) is 0 Å². The molecule has 0 saturated carbocycles. The second-order valence-corrected chi connectivity index (χ2v) is 11.4. The number of anilines is 1. The third-order valence-electron chi connectivity index (χ3n) is 6.47. The highest BCUT2D eigenvalue weighted by Gasteiger charge is 2.39. The van der Waals surface area contributed by atoms with Gasteiger partial charge in [0.1, 0.15) is 18.5 Å². The van der Waals surface area contributed by atoms with E-state index in [0.717, 1.165) is 16.3 Å². The molecule has 2 heterocycles. The molecule has 40 heavy (non-hydrogen) atoms. The maximum atomic E-state index is 14.1. The molecule has 2 unspecified atom stereocenters. The van der Waals surface area contributed by atoms with E-state index >= 15 is 0 Å². The van der Waals surface area contributed by atoms with Crippen molar-refractivity contribution in [2.24, 2.45) is 5.92 Å². The minimum Gasteiger partial charge on any atom is -0.486 e. The summed E-state index contributed by atoms with van der Waals surface area (Å²) in [7, 11) is -3.37. The van der Waals surface area contributed by atoms with Crippen LogP contribution in [0, 0.1) is 5.92 Å². The Hall–Kier alpha value is -2.87. The van der Waals surface area contributed by atoms with Crippen molar-refractivity contribution in [2.75, 3.05) is 31.2 Å². The van der Waals surface area contributed by atoms with E-state index in [2.05, 4.69) is 4.98 Å².